The van der Waals surface area contributed by atoms with E-state index in [0.717, 1.165) is 10.4 Å². The van der Waals surface area contributed by atoms with E-state index in [9.17, 15) is 9.59 Å². The molecule has 0 aliphatic carbocycles. The normalized spacial score (nSPS) is 10.8. The lowest BCUT2D eigenvalue weighted by Gasteiger charge is -2.08. The zero-order chi connectivity index (χ0) is 15.4. The van der Waals surface area contributed by atoms with Crippen molar-refractivity contribution < 1.29 is 19.8 Å². The summed E-state index contributed by atoms with van der Waals surface area (Å²) in [7, 11) is 0. The first-order valence-electron chi connectivity index (χ1n) is 6.11. The van der Waals surface area contributed by atoms with E-state index in [1.54, 1.807) is 18.3 Å². The Balaban J connectivity index is 2.25. The molecule has 0 aliphatic heterocycles. The zero-order valence-electron chi connectivity index (χ0n) is 10.8. The molecular weight excluding hydrogens is 314 g/mol. The van der Waals surface area contributed by atoms with Crippen molar-refractivity contribution in [2.24, 2.45) is 0 Å². The number of carboxylic acid groups (broad SMARTS) is 2. The van der Waals surface area contributed by atoms with Gasteiger partial charge in [-0.25, -0.2) is 4.98 Å². The molecule has 1 aromatic carbocycles. The Morgan fingerprint density at radius 3 is 2.24 bits per heavy atom. The minimum Gasteiger partial charge on any atom is -0.481 e. The summed E-state index contributed by atoms with van der Waals surface area (Å²) in [5.41, 5.74) is 0.910. The molecule has 2 aromatic rings. The van der Waals surface area contributed by atoms with Crippen molar-refractivity contribution in [1.82, 2.24) is 4.98 Å². The molecule has 21 heavy (non-hydrogen) atoms. The predicted molar refractivity (Wildman–Crippen MR) is 79.8 cm³/mol. The van der Waals surface area contributed by atoms with E-state index in [2.05, 4.69) is 4.98 Å². The summed E-state index contributed by atoms with van der Waals surface area (Å²) in [6.07, 6.45) is 1.12. The molecule has 0 spiro atoms. The highest BCUT2D eigenvalue weighted by Crippen LogP contribution is 2.33. The smallest absolute Gasteiger partial charge is 0.304 e. The summed E-state index contributed by atoms with van der Waals surface area (Å²) in [5, 5.41) is 18.9. The van der Waals surface area contributed by atoms with Crippen LogP contribution in [0.25, 0.3) is 10.4 Å². The summed E-state index contributed by atoms with van der Waals surface area (Å²) in [6, 6.07) is 7.18. The predicted octanol–water partition coefficient (Wildman–Crippen LogP) is 3.50. The summed E-state index contributed by atoms with van der Waals surface area (Å²) in [5.74, 6) is -2.69. The van der Waals surface area contributed by atoms with Crippen LogP contribution < -0.4 is 0 Å². The molecule has 0 amide bonds. The summed E-state index contributed by atoms with van der Waals surface area (Å²) in [4.78, 5) is 26.7. The van der Waals surface area contributed by atoms with Gasteiger partial charge < -0.3 is 10.2 Å². The Hall–Kier alpha value is -1.92. The van der Waals surface area contributed by atoms with E-state index in [4.69, 9.17) is 21.8 Å². The topological polar surface area (TPSA) is 87.5 Å². The maximum absolute atomic E-state index is 10.8. The van der Waals surface area contributed by atoms with Crippen LogP contribution in [0.1, 0.15) is 23.8 Å². The van der Waals surface area contributed by atoms with Gasteiger partial charge in [0.05, 0.1) is 22.7 Å². The highest BCUT2D eigenvalue weighted by atomic mass is 35.5. The SMILES string of the molecule is O=C(O)CC(CC(=O)O)c1ncc(-c2ccc(Cl)cc2)s1. The molecule has 0 unspecified atom stereocenters. The highest BCUT2D eigenvalue weighted by molar-refractivity contribution is 7.15. The van der Waals surface area contributed by atoms with Gasteiger partial charge in [-0.1, -0.05) is 23.7 Å². The largest absolute Gasteiger partial charge is 0.481 e. The molecule has 0 aliphatic rings. The fraction of sp³-hybridized carbons (Fsp3) is 0.214. The van der Waals surface area contributed by atoms with Gasteiger partial charge in [-0.15, -0.1) is 11.3 Å². The van der Waals surface area contributed by atoms with E-state index < -0.39 is 17.9 Å². The van der Waals surface area contributed by atoms with Crippen LogP contribution in [0.4, 0.5) is 0 Å². The molecule has 0 bridgehead atoms. The van der Waals surface area contributed by atoms with Gasteiger partial charge in [-0.2, -0.15) is 0 Å². The third kappa shape index (κ3) is 4.27. The molecule has 0 radical (unpaired) electrons. The van der Waals surface area contributed by atoms with E-state index in [-0.39, 0.29) is 12.8 Å². The molecule has 7 heteroatoms. The van der Waals surface area contributed by atoms with Gasteiger partial charge >= 0.3 is 11.9 Å². The Kier molecular flexibility index (Phi) is 4.93. The minimum absolute atomic E-state index is 0.250. The molecule has 110 valence electrons. The summed E-state index contributed by atoms with van der Waals surface area (Å²) in [6.45, 7) is 0. The Bertz CT molecular complexity index is 637. The lowest BCUT2D eigenvalue weighted by atomic mass is 10.0. The first-order chi connectivity index (χ1) is 9.95. The third-order valence-electron chi connectivity index (χ3n) is 2.84. The second-order valence-electron chi connectivity index (χ2n) is 4.46. The van der Waals surface area contributed by atoms with Crippen molar-refractivity contribution in [2.45, 2.75) is 18.8 Å². The maximum atomic E-state index is 10.8. The van der Waals surface area contributed by atoms with Crippen LogP contribution in [0, 0.1) is 0 Å². The number of aromatic nitrogens is 1. The first kappa shape index (κ1) is 15.5. The number of carboxylic acids is 2. The summed E-state index contributed by atoms with van der Waals surface area (Å²) >= 11 is 7.13. The van der Waals surface area contributed by atoms with E-state index in [0.29, 0.717) is 10.0 Å². The van der Waals surface area contributed by atoms with Crippen molar-refractivity contribution >= 4 is 34.9 Å². The number of benzene rings is 1. The number of hydrogen-bond acceptors (Lipinski definition) is 4. The first-order valence-corrected chi connectivity index (χ1v) is 7.30. The molecule has 2 N–H and O–H groups in total. The van der Waals surface area contributed by atoms with Gasteiger partial charge in [0, 0.05) is 17.1 Å². The van der Waals surface area contributed by atoms with Crippen LogP contribution in [-0.4, -0.2) is 27.1 Å². The lowest BCUT2D eigenvalue weighted by Crippen LogP contribution is -2.10. The molecular formula is C14H12ClNO4S. The Labute approximate surface area is 129 Å². The minimum atomic E-state index is -1.04. The van der Waals surface area contributed by atoms with Gasteiger partial charge in [0.2, 0.25) is 0 Å². The van der Waals surface area contributed by atoms with Crippen molar-refractivity contribution in [3.05, 3.63) is 40.5 Å². The summed E-state index contributed by atoms with van der Waals surface area (Å²) < 4.78 is 0. The number of aliphatic carboxylic acids is 2. The van der Waals surface area contributed by atoms with Crippen LogP contribution in [0.5, 0.6) is 0 Å². The molecule has 1 aromatic heterocycles. The van der Waals surface area contributed by atoms with Crippen LogP contribution in [0.2, 0.25) is 5.02 Å². The number of halogens is 1. The number of hydrogen-bond donors (Lipinski definition) is 2. The number of nitrogens with zero attached hydrogens (tertiary/aromatic N) is 1. The van der Waals surface area contributed by atoms with Gasteiger partial charge in [0.15, 0.2) is 0 Å². The number of thiazole rings is 1. The Morgan fingerprint density at radius 1 is 1.14 bits per heavy atom. The van der Waals surface area contributed by atoms with Gasteiger partial charge in [-0.3, -0.25) is 9.59 Å². The molecule has 0 saturated heterocycles. The van der Waals surface area contributed by atoms with Crippen molar-refractivity contribution in [2.75, 3.05) is 0 Å². The second kappa shape index (κ2) is 6.69. The second-order valence-corrected chi connectivity index (χ2v) is 5.96. The van der Waals surface area contributed by atoms with Gasteiger partial charge in [-0.05, 0) is 17.7 Å². The number of rotatable bonds is 6. The molecule has 1 heterocycles. The molecule has 2 rings (SSSR count). The highest BCUT2D eigenvalue weighted by Gasteiger charge is 2.22. The fourth-order valence-corrected chi connectivity index (χ4v) is 3.04. The quantitative estimate of drug-likeness (QED) is 0.848. The third-order valence-corrected chi connectivity index (χ3v) is 4.30. The van der Waals surface area contributed by atoms with Gasteiger partial charge in [0.1, 0.15) is 0 Å². The van der Waals surface area contributed by atoms with E-state index in [1.807, 2.05) is 12.1 Å². The van der Waals surface area contributed by atoms with E-state index in [1.165, 1.54) is 11.3 Å². The molecule has 5 nitrogen and oxygen atoms in total. The van der Waals surface area contributed by atoms with Crippen molar-refractivity contribution in [3.8, 4) is 10.4 Å². The molecule has 0 atom stereocenters. The van der Waals surface area contributed by atoms with Crippen LogP contribution in [0.3, 0.4) is 0 Å². The number of carbonyl (C=O) groups is 2. The van der Waals surface area contributed by atoms with E-state index >= 15 is 0 Å². The lowest BCUT2D eigenvalue weighted by molar-refractivity contribution is -0.139. The van der Waals surface area contributed by atoms with Crippen LogP contribution in [0.15, 0.2) is 30.5 Å². The monoisotopic (exact) mass is 325 g/mol. The Morgan fingerprint density at radius 2 is 1.71 bits per heavy atom. The standard InChI is InChI=1S/C14H12ClNO4S/c15-10-3-1-8(2-4-10)11-7-16-14(21-11)9(5-12(17)18)6-13(19)20/h1-4,7,9H,5-6H2,(H,17,18)(H,19,20). The molecule has 0 saturated carbocycles. The van der Waals surface area contributed by atoms with Gasteiger partial charge in [0.25, 0.3) is 0 Å². The average molecular weight is 326 g/mol. The van der Waals surface area contributed by atoms with Crippen LogP contribution >= 0.6 is 22.9 Å². The fourth-order valence-electron chi connectivity index (χ4n) is 1.89. The van der Waals surface area contributed by atoms with Crippen molar-refractivity contribution in [1.29, 1.82) is 0 Å². The molecule has 0 fully saturated rings. The zero-order valence-corrected chi connectivity index (χ0v) is 12.4. The van der Waals surface area contributed by atoms with Crippen LogP contribution in [-0.2, 0) is 9.59 Å². The average Bonchev–Trinajstić information content (AvgIpc) is 2.87. The van der Waals surface area contributed by atoms with Crippen molar-refractivity contribution in [3.63, 3.8) is 0 Å². The maximum Gasteiger partial charge on any atom is 0.304 e.